The van der Waals surface area contributed by atoms with Gasteiger partial charge in [-0.1, -0.05) is 41.6 Å². The van der Waals surface area contributed by atoms with E-state index in [1.165, 1.54) is 0 Å². The standard InChI is InChI=1S/C28H30N4O4/c1-34-22-11-7-19(8-12-22)26-17-21(31-33)18-27(20-9-13-23(35-2)14-10-20)32(26)36-16-15-28-29-24-5-3-4-6-25(24)30-28/h3-14,26-27,33H,15-18H2,1-2H3,(H,29,30). The third-order valence-electron chi connectivity index (χ3n) is 6.63. The van der Waals surface area contributed by atoms with Crippen LogP contribution in [0.15, 0.2) is 78.0 Å². The van der Waals surface area contributed by atoms with Gasteiger partial charge in [0.1, 0.15) is 17.3 Å². The second-order valence-electron chi connectivity index (χ2n) is 8.80. The summed E-state index contributed by atoms with van der Waals surface area (Å²) in [5.74, 6) is 2.46. The number of ether oxygens (including phenoxy) is 2. The number of methoxy groups -OCH3 is 2. The van der Waals surface area contributed by atoms with Crippen molar-refractivity contribution in [3.05, 3.63) is 89.7 Å². The van der Waals surface area contributed by atoms with E-state index in [2.05, 4.69) is 15.1 Å². The minimum absolute atomic E-state index is 0.140. The number of hydrogen-bond acceptors (Lipinski definition) is 7. The molecule has 4 aromatic rings. The van der Waals surface area contributed by atoms with Gasteiger partial charge in [-0.25, -0.2) is 4.98 Å². The molecule has 0 aliphatic carbocycles. The number of fused-ring (bicyclic) bond motifs is 1. The summed E-state index contributed by atoms with van der Waals surface area (Å²) in [6, 6.07) is 23.6. The molecule has 0 radical (unpaired) electrons. The van der Waals surface area contributed by atoms with Crippen molar-refractivity contribution in [2.45, 2.75) is 31.3 Å². The lowest BCUT2D eigenvalue weighted by atomic mass is 9.88. The van der Waals surface area contributed by atoms with Crippen LogP contribution in [0.1, 0.15) is 41.9 Å². The van der Waals surface area contributed by atoms with E-state index in [1.54, 1.807) is 14.2 Å². The molecular formula is C28H30N4O4. The lowest BCUT2D eigenvalue weighted by Gasteiger charge is -2.41. The average Bonchev–Trinajstić information content (AvgIpc) is 3.36. The Kier molecular flexibility index (Phi) is 7.16. The van der Waals surface area contributed by atoms with Gasteiger partial charge in [0, 0.05) is 19.3 Å². The Hall–Kier alpha value is -3.88. The molecule has 3 aromatic carbocycles. The molecular weight excluding hydrogens is 456 g/mol. The van der Waals surface area contributed by atoms with Crippen LogP contribution < -0.4 is 9.47 Å². The number of rotatable bonds is 8. The number of nitrogens with one attached hydrogen (secondary N) is 1. The zero-order chi connectivity index (χ0) is 24.9. The molecule has 2 unspecified atom stereocenters. The Morgan fingerprint density at radius 3 is 2.00 bits per heavy atom. The summed E-state index contributed by atoms with van der Waals surface area (Å²) >= 11 is 0. The molecule has 1 aliphatic rings. The number of aromatic nitrogens is 2. The molecule has 0 amide bonds. The van der Waals surface area contributed by atoms with Crippen LogP contribution in [0.3, 0.4) is 0 Å². The number of para-hydroxylation sites is 2. The molecule has 2 heterocycles. The number of benzene rings is 3. The van der Waals surface area contributed by atoms with Gasteiger partial charge in [0.15, 0.2) is 0 Å². The lowest BCUT2D eigenvalue weighted by Crippen LogP contribution is -2.40. The zero-order valence-electron chi connectivity index (χ0n) is 20.4. The fourth-order valence-corrected chi connectivity index (χ4v) is 4.74. The molecule has 8 nitrogen and oxygen atoms in total. The molecule has 1 aromatic heterocycles. The van der Waals surface area contributed by atoms with Gasteiger partial charge >= 0.3 is 0 Å². The number of oxime groups is 1. The smallest absolute Gasteiger partial charge is 0.118 e. The highest BCUT2D eigenvalue weighted by Gasteiger charge is 2.37. The summed E-state index contributed by atoms with van der Waals surface area (Å²) in [4.78, 5) is 14.5. The molecule has 0 spiro atoms. The van der Waals surface area contributed by atoms with E-state index in [4.69, 9.17) is 14.3 Å². The number of nitrogens with zero attached hydrogens (tertiary/aromatic N) is 3. The minimum Gasteiger partial charge on any atom is -0.497 e. The molecule has 1 saturated heterocycles. The van der Waals surface area contributed by atoms with Crippen LogP contribution in [0, 0.1) is 0 Å². The van der Waals surface area contributed by atoms with Crippen molar-refractivity contribution in [3.8, 4) is 11.5 Å². The lowest BCUT2D eigenvalue weighted by molar-refractivity contribution is -0.220. The summed E-state index contributed by atoms with van der Waals surface area (Å²) in [6.07, 6.45) is 1.75. The molecule has 2 N–H and O–H groups in total. The van der Waals surface area contributed by atoms with E-state index in [9.17, 15) is 5.21 Å². The van der Waals surface area contributed by atoms with Crippen LogP contribution in [0.5, 0.6) is 11.5 Å². The first-order valence-corrected chi connectivity index (χ1v) is 12.0. The first-order chi connectivity index (χ1) is 17.7. The van der Waals surface area contributed by atoms with Gasteiger partial charge in [-0.2, -0.15) is 5.06 Å². The maximum Gasteiger partial charge on any atom is 0.118 e. The number of imidazole rings is 1. The predicted octanol–water partition coefficient (Wildman–Crippen LogP) is 5.46. The molecule has 186 valence electrons. The van der Waals surface area contributed by atoms with Crippen molar-refractivity contribution < 1.29 is 19.5 Å². The van der Waals surface area contributed by atoms with Crippen molar-refractivity contribution >= 4 is 16.7 Å². The van der Waals surface area contributed by atoms with Crippen LogP contribution in [0.4, 0.5) is 0 Å². The Bertz CT molecular complexity index is 1230. The average molecular weight is 487 g/mol. The first kappa shape index (κ1) is 23.8. The Labute approximate surface area is 210 Å². The largest absolute Gasteiger partial charge is 0.497 e. The second kappa shape index (κ2) is 10.8. The maximum absolute atomic E-state index is 9.74. The van der Waals surface area contributed by atoms with Crippen molar-refractivity contribution in [1.29, 1.82) is 0 Å². The minimum atomic E-state index is -0.140. The van der Waals surface area contributed by atoms with Crippen molar-refractivity contribution in [2.24, 2.45) is 5.16 Å². The van der Waals surface area contributed by atoms with Crippen molar-refractivity contribution in [2.75, 3.05) is 20.8 Å². The first-order valence-electron chi connectivity index (χ1n) is 12.0. The van der Waals surface area contributed by atoms with Crippen LogP contribution in [-0.2, 0) is 11.3 Å². The van der Waals surface area contributed by atoms with Crippen molar-refractivity contribution in [3.63, 3.8) is 0 Å². The van der Waals surface area contributed by atoms with Gasteiger partial charge < -0.3 is 19.7 Å². The predicted molar refractivity (Wildman–Crippen MR) is 138 cm³/mol. The van der Waals surface area contributed by atoms with E-state index in [1.807, 2.05) is 77.9 Å². The summed E-state index contributed by atoms with van der Waals surface area (Å²) in [7, 11) is 3.30. The molecule has 0 saturated carbocycles. The van der Waals surface area contributed by atoms with Crippen LogP contribution in [0.25, 0.3) is 11.0 Å². The summed E-state index contributed by atoms with van der Waals surface area (Å²) in [6.45, 7) is 0.449. The number of hydroxylamine groups is 2. The number of hydrogen-bond donors (Lipinski definition) is 2. The summed E-state index contributed by atoms with van der Waals surface area (Å²) < 4.78 is 10.7. The topological polar surface area (TPSA) is 92.2 Å². The van der Waals surface area contributed by atoms with Gasteiger partial charge in [0.25, 0.3) is 0 Å². The van der Waals surface area contributed by atoms with E-state index < -0.39 is 0 Å². The van der Waals surface area contributed by atoms with E-state index in [0.717, 1.165) is 45.2 Å². The zero-order valence-corrected chi connectivity index (χ0v) is 20.4. The van der Waals surface area contributed by atoms with Crippen LogP contribution >= 0.6 is 0 Å². The Morgan fingerprint density at radius 2 is 1.47 bits per heavy atom. The third-order valence-corrected chi connectivity index (χ3v) is 6.63. The molecule has 2 atom stereocenters. The van der Waals surface area contributed by atoms with Gasteiger partial charge in [0.05, 0.1) is 49.7 Å². The van der Waals surface area contributed by atoms with Gasteiger partial charge in [-0.05, 0) is 47.5 Å². The van der Waals surface area contributed by atoms with Gasteiger partial charge in [-0.15, -0.1) is 0 Å². The quantitative estimate of drug-likeness (QED) is 0.254. The summed E-state index contributed by atoms with van der Waals surface area (Å²) in [5, 5.41) is 15.4. The molecule has 36 heavy (non-hydrogen) atoms. The maximum atomic E-state index is 9.74. The number of H-pyrrole nitrogens is 1. The second-order valence-corrected chi connectivity index (χ2v) is 8.80. The van der Waals surface area contributed by atoms with Crippen LogP contribution in [-0.4, -0.2) is 46.8 Å². The number of piperidine rings is 1. The fraction of sp³-hybridized carbons (Fsp3) is 0.286. The molecule has 5 rings (SSSR count). The van der Waals surface area contributed by atoms with E-state index >= 15 is 0 Å². The highest BCUT2D eigenvalue weighted by atomic mass is 16.7. The fourth-order valence-electron chi connectivity index (χ4n) is 4.74. The highest BCUT2D eigenvalue weighted by molar-refractivity contribution is 5.86. The Balaban J connectivity index is 1.43. The number of aromatic amines is 1. The van der Waals surface area contributed by atoms with Crippen molar-refractivity contribution in [1.82, 2.24) is 15.0 Å². The Morgan fingerprint density at radius 1 is 0.889 bits per heavy atom. The van der Waals surface area contributed by atoms with E-state index in [-0.39, 0.29) is 12.1 Å². The molecule has 1 fully saturated rings. The highest BCUT2D eigenvalue weighted by Crippen LogP contribution is 2.41. The van der Waals surface area contributed by atoms with Gasteiger partial charge in [-0.3, -0.25) is 4.84 Å². The molecule has 0 bridgehead atoms. The SMILES string of the molecule is COc1ccc(C2CC(=NO)CC(c3ccc(OC)cc3)N2OCCc2nc3ccccc3[nH]2)cc1. The molecule has 1 aliphatic heterocycles. The van der Waals surface area contributed by atoms with Gasteiger partial charge in [0.2, 0.25) is 0 Å². The monoisotopic (exact) mass is 486 g/mol. The molecule has 8 heteroatoms. The van der Waals surface area contributed by atoms with E-state index in [0.29, 0.717) is 25.9 Å². The third kappa shape index (κ3) is 5.05. The summed E-state index contributed by atoms with van der Waals surface area (Å²) in [5.41, 5.74) is 4.80. The van der Waals surface area contributed by atoms with Crippen LogP contribution in [0.2, 0.25) is 0 Å². The normalized spacial score (nSPS) is 18.3.